The number of nitrogens with zero attached hydrogens (tertiary/aromatic N) is 2. The van der Waals surface area contributed by atoms with Crippen molar-refractivity contribution in [2.75, 3.05) is 38.2 Å². The van der Waals surface area contributed by atoms with Crippen LogP contribution in [0.15, 0.2) is 54.6 Å². The first-order valence-corrected chi connectivity index (χ1v) is 10.5. The standard InChI is InChI=1S/C24H31N3O3/c1-18(2)16-22(28)25-23(19-8-5-4-6-9-19)24(29)27-14-12-26(13-15-27)20-10-7-11-21(17-20)30-3/h4-11,17-18,23H,12-16H2,1-3H3,(H,25,28). The predicted octanol–water partition coefficient (Wildman–Crippen LogP) is 3.25. The molecular formula is C24H31N3O3. The Morgan fingerprint density at radius 1 is 1.00 bits per heavy atom. The lowest BCUT2D eigenvalue weighted by molar-refractivity contribution is -0.137. The monoisotopic (exact) mass is 409 g/mol. The van der Waals surface area contributed by atoms with Crippen molar-refractivity contribution in [1.29, 1.82) is 0 Å². The second kappa shape index (κ2) is 10.1. The van der Waals surface area contributed by atoms with E-state index in [1.807, 2.05) is 67.3 Å². The molecule has 0 radical (unpaired) electrons. The van der Waals surface area contributed by atoms with Gasteiger partial charge in [-0.1, -0.05) is 50.2 Å². The quantitative estimate of drug-likeness (QED) is 0.763. The predicted molar refractivity (Wildman–Crippen MR) is 119 cm³/mol. The maximum absolute atomic E-state index is 13.3. The maximum atomic E-state index is 13.3. The fourth-order valence-corrected chi connectivity index (χ4v) is 3.70. The zero-order chi connectivity index (χ0) is 21.5. The van der Waals surface area contributed by atoms with Gasteiger partial charge in [0.2, 0.25) is 11.8 Å². The normalized spacial score (nSPS) is 15.1. The van der Waals surface area contributed by atoms with E-state index in [1.54, 1.807) is 7.11 Å². The van der Waals surface area contributed by atoms with Crippen LogP contribution in [0.2, 0.25) is 0 Å². The fourth-order valence-electron chi connectivity index (χ4n) is 3.70. The molecule has 2 aromatic rings. The number of nitrogens with one attached hydrogen (secondary N) is 1. The third-order valence-electron chi connectivity index (χ3n) is 5.29. The summed E-state index contributed by atoms with van der Waals surface area (Å²) in [6, 6.07) is 16.8. The van der Waals surface area contributed by atoms with E-state index in [0.717, 1.165) is 30.1 Å². The summed E-state index contributed by atoms with van der Waals surface area (Å²) in [7, 11) is 1.66. The van der Waals surface area contributed by atoms with Gasteiger partial charge in [0.05, 0.1) is 7.11 Å². The van der Waals surface area contributed by atoms with Crippen LogP contribution in [0.3, 0.4) is 0 Å². The molecule has 2 amide bonds. The van der Waals surface area contributed by atoms with Crippen molar-refractivity contribution in [1.82, 2.24) is 10.2 Å². The molecule has 1 aliphatic rings. The van der Waals surface area contributed by atoms with E-state index in [4.69, 9.17) is 4.74 Å². The Labute approximate surface area is 178 Å². The largest absolute Gasteiger partial charge is 0.497 e. The number of hydrogen-bond acceptors (Lipinski definition) is 4. The SMILES string of the molecule is COc1cccc(N2CCN(C(=O)C(NC(=O)CC(C)C)c3ccccc3)CC2)c1. The highest BCUT2D eigenvalue weighted by atomic mass is 16.5. The van der Waals surface area contributed by atoms with E-state index in [1.165, 1.54) is 0 Å². The van der Waals surface area contributed by atoms with E-state index in [2.05, 4.69) is 16.3 Å². The smallest absolute Gasteiger partial charge is 0.249 e. The van der Waals surface area contributed by atoms with Gasteiger partial charge < -0.3 is 19.9 Å². The first kappa shape index (κ1) is 21.7. The Kier molecular flexibility index (Phi) is 7.33. The topological polar surface area (TPSA) is 61.9 Å². The molecule has 1 unspecified atom stereocenters. The van der Waals surface area contributed by atoms with Gasteiger partial charge in [-0.2, -0.15) is 0 Å². The number of piperazine rings is 1. The first-order chi connectivity index (χ1) is 14.5. The van der Waals surface area contributed by atoms with Crippen molar-refractivity contribution in [2.45, 2.75) is 26.3 Å². The molecule has 0 aromatic heterocycles. The Bertz CT molecular complexity index is 846. The summed E-state index contributed by atoms with van der Waals surface area (Å²) >= 11 is 0. The van der Waals surface area contributed by atoms with E-state index >= 15 is 0 Å². The minimum Gasteiger partial charge on any atom is -0.497 e. The van der Waals surface area contributed by atoms with Crippen LogP contribution in [0.4, 0.5) is 5.69 Å². The van der Waals surface area contributed by atoms with E-state index in [-0.39, 0.29) is 17.7 Å². The zero-order valence-corrected chi connectivity index (χ0v) is 18.0. The van der Waals surface area contributed by atoms with Crippen LogP contribution in [-0.4, -0.2) is 50.0 Å². The second-order valence-electron chi connectivity index (χ2n) is 8.02. The summed E-state index contributed by atoms with van der Waals surface area (Å²) in [4.78, 5) is 29.9. The Morgan fingerprint density at radius 2 is 1.70 bits per heavy atom. The van der Waals surface area contributed by atoms with E-state index < -0.39 is 6.04 Å². The number of hydrogen-bond donors (Lipinski definition) is 1. The maximum Gasteiger partial charge on any atom is 0.249 e. The molecule has 0 spiro atoms. The number of carbonyl (C=O) groups excluding carboxylic acids is 2. The first-order valence-electron chi connectivity index (χ1n) is 10.5. The highest BCUT2D eigenvalue weighted by molar-refractivity contribution is 5.89. The van der Waals surface area contributed by atoms with Gasteiger partial charge in [0.1, 0.15) is 11.8 Å². The molecule has 0 saturated carbocycles. The number of amides is 2. The Morgan fingerprint density at radius 3 is 2.33 bits per heavy atom. The summed E-state index contributed by atoms with van der Waals surface area (Å²) in [5.41, 5.74) is 1.90. The second-order valence-corrected chi connectivity index (χ2v) is 8.02. The number of benzene rings is 2. The number of carbonyl (C=O) groups is 2. The van der Waals surface area contributed by atoms with Crippen LogP contribution in [-0.2, 0) is 9.59 Å². The van der Waals surface area contributed by atoms with Crippen LogP contribution in [0.5, 0.6) is 5.75 Å². The molecule has 1 atom stereocenters. The molecule has 0 bridgehead atoms. The summed E-state index contributed by atoms with van der Waals surface area (Å²) in [5, 5.41) is 2.96. The third kappa shape index (κ3) is 5.53. The number of rotatable bonds is 7. The number of ether oxygens (including phenoxy) is 1. The van der Waals surface area contributed by atoms with Crippen molar-refractivity contribution in [3.8, 4) is 5.75 Å². The number of anilines is 1. The van der Waals surface area contributed by atoms with Gasteiger partial charge in [0, 0.05) is 44.4 Å². The van der Waals surface area contributed by atoms with Gasteiger partial charge in [0.25, 0.3) is 0 Å². The molecule has 30 heavy (non-hydrogen) atoms. The van der Waals surface area contributed by atoms with Crippen molar-refractivity contribution >= 4 is 17.5 Å². The minimum atomic E-state index is -0.652. The summed E-state index contributed by atoms with van der Waals surface area (Å²) in [6.07, 6.45) is 0.403. The van der Waals surface area contributed by atoms with Gasteiger partial charge in [-0.3, -0.25) is 9.59 Å². The lowest BCUT2D eigenvalue weighted by atomic mass is 10.0. The van der Waals surface area contributed by atoms with Gasteiger partial charge in [-0.25, -0.2) is 0 Å². The highest BCUT2D eigenvalue weighted by Crippen LogP contribution is 2.23. The van der Waals surface area contributed by atoms with Crippen LogP contribution < -0.4 is 15.0 Å². The Hall–Kier alpha value is -3.02. The molecule has 160 valence electrons. The van der Waals surface area contributed by atoms with Crippen molar-refractivity contribution in [3.05, 3.63) is 60.2 Å². The lowest BCUT2D eigenvalue weighted by Gasteiger charge is -2.37. The van der Waals surface area contributed by atoms with Gasteiger partial charge in [0.15, 0.2) is 0 Å². The van der Waals surface area contributed by atoms with Gasteiger partial charge in [-0.15, -0.1) is 0 Å². The summed E-state index contributed by atoms with van der Waals surface area (Å²) < 4.78 is 5.32. The molecule has 1 saturated heterocycles. The van der Waals surface area contributed by atoms with E-state index in [9.17, 15) is 9.59 Å². The zero-order valence-electron chi connectivity index (χ0n) is 18.0. The van der Waals surface area contributed by atoms with Crippen molar-refractivity contribution in [3.63, 3.8) is 0 Å². The molecule has 1 heterocycles. The van der Waals surface area contributed by atoms with Crippen LogP contribution in [0, 0.1) is 5.92 Å². The molecule has 1 N–H and O–H groups in total. The van der Waals surface area contributed by atoms with Gasteiger partial charge in [-0.05, 0) is 23.6 Å². The molecule has 3 rings (SSSR count). The molecular weight excluding hydrogens is 378 g/mol. The third-order valence-corrected chi connectivity index (χ3v) is 5.29. The molecule has 1 fully saturated rings. The van der Waals surface area contributed by atoms with Crippen molar-refractivity contribution < 1.29 is 14.3 Å². The van der Waals surface area contributed by atoms with Crippen molar-refractivity contribution in [2.24, 2.45) is 5.92 Å². The van der Waals surface area contributed by atoms with Gasteiger partial charge >= 0.3 is 0 Å². The molecule has 6 nitrogen and oxygen atoms in total. The molecule has 6 heteroatoms. The minimum absolute atomic E-state index is 0.0522. The molecule has 2 aromatic carbocycles. The fraction of sp³-hybridized carbons (Fsp3) is 0.417. The van der Waals surface area contributed by atoms with Crippen LogP contribution >= 0.6 is 0 Å². The van der Waals surface area contributed by atoms with E-state index in [0.29, 0.717) is 19.5 Å². The average molecular weight is 410 g/mol. The Balaban J connectivity index is 1.68. The highest BCUT2D eigenvalue weighted by Gasteiger charge is 2.30. The molecule has 1 aliphatic heterocycles. The number of methoxy groups -OCH3 is 1. The molecule has 0 aliphatic carbocycles. The summed E-state index contributed by atoms with van der Waals surface area (Å²) in [5.74, 6) is 0.914. The lowest BCUT2D eigenvalue weighted by Crippen LogP contribution is -2.52. The van der Waals surface area contributed by atoms with Crippen LogP contribution in [0.25, 0.3) is 0 Å². The summed E-state index contributed by atoms with van der Waals surface area (Å²) in [6.45, 7) is 6.69. The van der Waals surface area contributed by atoms with Crippen LogP contribution in [0.1, 0.15) is 31.9 Å². The average Bonchev–Trinajstić information content (AvgIpc) is 2.77.